The van der Waals surface area contributed by atoms with Gasteiger partial charge in [0.2, 0.25) is 0 Å². The van der Waals surface area contributed by atoms with E-state index in [2.05, 4.69) is 41.1 Å². The van der Waals surface area contributed by atoms with Crippen molar-refractivity contribution >= 4 is 10.9 Å². The molecule has 1 N–H and O–H groups in total. The molecule has 94 valence electrons. The summed E-state index contributed by atoms with van der Waals surface area (Å²) in [5.41, 5.74) is 4.47. The predicted octanol–water partition coefficient (Wildman–Crippen LogP) is 3.81. The summed E-state index contributed by atoms with van der Waals surface area (Å²) >= 11 is 0. The lowest BCUT2D eigenvalue weighted by molar-refractivity contribution is 0.124. The summed E-state index contributed by atoms with van der Waals surface area (Å²) in [4.78, 5) is 6.39. The number of fused-ring (bicyclic) bond motifs is 6. The molecule has 4 rings (SSSR count). The summed E-state index contributed by atoms with van der Waals surface area (Å²) in [6.45, 7) is 4.87. The number of hydrogen-bond acceptors (Lipinski definition) is 1. The molecule has 2 heteroatoms. The Morgan fingerprint density at radius 2 is 2.22 bits per heavy atom. The van der Waals surface area contributed by atoms with E-state index < -0.39 is 0 Å². The third-order valence-electron chi connectivity index (χ3n) is 4.80. The molecule has 1 fully saturated rings. The average molecular weight is 240 g/mol. The average Bonchev–Trinajstić information content (AvgIpc) is 2.79. The molecule has 0 amide bonds. The molecule has 3 heterocycles. The Bertz CT molecular complexity index is 584. The molecule has 3 atom stereocenters. The van der Waals surface area contributed by atoms with Gasteiger partial charge >= 0.3 is 0 Å². The van der Waals surface area contributed by atoms with E-state index in [0.717, 1.165) is 5.92 Å². The van der Waals surface area contributed by atoms with E-state index in [1.54, 1.807) is 5.56 Å². The van der Waals surface area contributed by atoms with Crippen LogP contribution in [-0.2, 0) is 0 Å². The first kappa shape index (κ1) is 10.6. The van der Waals surface area contributed by atoms with Gasteiger partial charge in [-0.3, -0.25) is 4.90 Å². The Balaban J connectivity index is 1.98. The van der Waals surface area contributed by atoms with Crippen LogP contribution in [0.1, 0.15) is 49.4 Å². The van der Waals surface area contributed by atoms with Gasteiger partial charge in [-0.15, -0.1) is 0 Å². The zero-order valence-electron chi connectivity index (χ0n) is 10.9. The lowest BCUT2D eigenvalue weighted by Crippen LogP contribution is -2.41. The largest absolute Gasteiger partial charge is 0.357 e. The van der Waals surface area contributed by atoms with Crippen molar-refractivity contribution in [1.29, 1.82) is 0 Å². The van der Waals surface area contributed by atoms with Gasteiger partial charge in [0.1, 0.15) is 0 Å². The number of hydrogen-bond donors (Lipinski definition) is 1. The van der Waals surface area contributed by atoms with Gasteiger partial charge in [0.05, 0.1) is 0 Å². The molecule has 0 radical (unpaired) electrons. The maximum Gasteiger partial charge on any atom is 0.0499 e. The van der Waals surface area contributed by atoms with Crippen LogP contribution in [0.2, 0.25) is 0 Å². The van der Waals surface area contributed by atoms with Crippen molar-refractivity contribution in [3.63, 3.8) is 0 Å². The number of aromatic amines is 1. The molecular formula is C16H20N2. The first-order valence-corrected chi connectivity index (χ1v) is 7.23. The molecule has 2 aliphatic heterocycles. The van der Waals surface area contributed by atoms with Crippen LogP contribution in [0.15, 0.2) is 24.3 Å². The predicted molar refractivity (Wildman–Crippen MR) is 74.9 cm³/mol. The highest BCUT2D eigenvalue weighted by molar-refractivity contribution is 5.85. The maximum absolute atomic E-state index is 3.70. The normalized spacial score (nSPS) is 30.4. The van der Waals surface area contributed by atoms with Gasteiger partial charge in [-0.1, -0.05) is 25.1 Å². The van der Waals surface area contributed by atoms with Gasteiger partial charge < -0.3 is 4.98 Å². The van der Waals surface area contributed by atoms with E-state index in [4.69, 9.17) is 0 Å². The van der Waals surface area contributed by atoms with Gasteiger partial charge in [-0.25, -0.2) is 0 Å². The number of para-hydroxylation sites is 1. The van der Waals surface area contributed by atoms with E-state index >= 15 is 0 Å². The summed E-state index contributed by atoms with van der Waals surface area (Å²) in [7, 11) is 0. The van der Waals surface area contributed by atoms with Crippen molar-refractivity contribution in [3.8, 4) is 0 Å². The van der Waals surface area contributed by atoms with Crippen molar-refractivity contribution in [2.75, 3.05) is 13.1 Å². The highest BCUT2D eigenvalue weighted by Gasteiger charge is 2.36. The fourth-order valence-electron chi connectivity index (χ4n) is 4.06. The molecule has 0 spiro atoms. The lowest BCUT2D eigenvalue weighted by Gasteiger charge is -2.43. The van der Waals surface area contributed by atoms with Crippen LogP contribution in [-0.4, -0.2) is 23.0 Å². The molecule has 1 unspecified atom stereocenters. The van der Waals surface area contributed by atoms with E-state index in [-0.39, 0.29) is 0 Å². The highest BCUT2D eigenvalue weighted by Crippen LogP contribution is 2.45. The Morgan fingerprint density at radius 1 is 1.33 bits per heavy atom. The fraction of sp³-hybridized carbons (Fsp3) is 0.500. The second kappa shape index (κ2) is 3.86. The van der Waals surface area contributed by atoms with Crippen molar-refractivity contribution in [3.05, 3.63) is 35.5 Å². The van der Waals surface area contributed by atoms with Crippen LogP contribution in [0.4, 0.5) is 0 Å². The Morgan fingerprint density at radius 3 is 3.11 bits per heavy atom. The Labute approximate surface area is 108 Å². The molecular weight excluding hydrogens is 220 g/mol. The first-order chi connectivity index (χ1) is 8.88. The third kappa shape index (κ3) is 1.33. The Hall–Kier alpha value is -1.28. The maximum atomic E-state index is 3.70. The van der Waals surface area contributed by atoms with E-state index in [9.17, 15) is 0 Å². The van der Waals surface area contributed by atoms with Crippen LogP contribution in [0.25, 0.3) is 10.9 Å². The molecule has 2 aromatic rings. The second-order valence-corrected chi connectivity index (χ2v) is 5.76. The summed E-state index contributed by atoms with van der Waals surface area (Å²) in [6, 6.07) is 9.44. The standard InChI is InChI=1S/C16H20N2/c1-2-14-16-15(11-6-5-9-18(14)10-11)12-7-3-4-8-13(12)17-16/h3-4,7-8,11,14,17H,2,5-6,9-10H2,1H3/t11-,14+/m0/s1. The van der Waals surface area contributed by atoms with Gasteiger partial charge in [0.15, 0.2) is 0 Å². The van der Waals surface area contributed by atoms with Crippen LogP contribution in [0.5, 0.6) is 0 Å². The topological polar surface area (TPSA) is 19.0 Å². The number of nitrogens with one attached hydrogen (secondary N) is 1. The molecule has 2 nitrogen and oxygen atoms in total. The van der Waals surface area contributed by atoms with Gasteiger partial charge in [0.25, 0.3) is 0 Å². The lowest BCUT2D eigenvalue weighted by atomic mass is 9.82. The number of nitrogens with zero attached hydrogens (tertiary/aromatic N) is 1. The molecule has 18 heavy (non-hydrogen) atoms. The zero-order valence-corrected chi connectivity index (χ0v) is 10.9. The van der Waals surface area contributed by atoms with Crippen LogP contribution in [0, 0.1) is 0 Å². The summed E-state index contributed by atoms with van der Waals surface area (Å²) in [5.74, 6) is 0.757. The van der Waals surface area contributed by atoms with E-state index in [0.29, 0.717) is 6.04 Å². The first-order valence-electron chi connectivity index (χ1n) is 7.23. The van der Waals surface area contributed by atoms with E-state index in [1.807, 2.05) is 0 Å². The van der Waals surface area contributed by atoms with Crippen LogP contribution in [0.3, 0.4) is 0 Å². The van der Waals surface area contributed by atoms with Crippen LogP contribution < -0.4 is 0 Å². The van der Waals surface area contributed by atoms with Crippen molar-refractivity contribution in [1.82, 2.24) is 9.88 Å². The number of rotatable bonds is 1. The minimum absolute atomic E-state index is 0.615. The molecule has 0 aliphatic carbocycles. The summed E-state index contributed by atoms with van der Waals surface area (Å²) in [5, 5.41) is 1.47. The molecule has 0 saturated carbocycles. The molecule has 1 aromatic carbocycles. The second-order valence-electron chi connectivity index (χ2n) is 5.76. The Kier molecular flexibility index (Phi) is 2.28. The monoisotopic (exact) mass is 240 g/mol. The quantitative estimate of drug-likeness (QED) is 0.803. The van der Waals surface area contributed by atoms with E-state index in [1.165, 1.54) is 48.9 Å². The molecule has 2 bridgehead atoms. The minimum Gasteiger partial charge on any atom is -0.357 e. The third-order valence-corrected chi connectivity index (χ3v) is 4.80. The summed E-state index contributed by atoms with van der Waals surface area (Å²) < 4.78 is 0. The van der Waals surface area contributed by atoms with Crippen molar-refractivity contribution in [2.24, 2.45) is 0 Å². The molecule has 1 aromatic heterocycles. The number of piperidine rings is 1. The van der Waals surface area contributed by atoms with Gasteiger partial charge in [0, 0.05) is 29.2 Å². The van der Waals surface area contributed by atoms with Crippen molar-refractivity contribution < 1.29 is 0 Å². The zero-order chi connectivity index (χ0) is 12.1. The van der Waals surface area contributed by atoms with Gasteiger partial charge in [-0.2, -0.15) is 0 Å². The number of benzene rings is 1. The highest BCUT2D eigenvalue weighted by atomic mass is 15.2. The van der Waals surface area contributed by atoms with Crippen molar-refractivity contribution in [2.45, 2.75) is 38.1 Å². The molecule has 1 saturated heterocycles. The number of aromatic nitrogens is 1. The number of H-pyrrole nitrogens is 1. The van der Waals surface area contributed by atoms with Crippen LogP contribution >= 0.6 is 0 Å². The minimum atomic E-state index is 0.615. The molecule has 2 aliphatic rings. The van der Waals surface area contributed by atoms with Gasteiger partial charge in [-0.05, 0) is 43.4 Å². The SMILES string of the molecule is CC[C@@H]1c2[nH]c3ccccc3c2[C@H]2CCCN1C2. The smallest absolute Gasteiger partial charge is 0.0499 e. The fourth-order valence-corrected chi connectivity index (χ4v) is 4.06. The summed E-state index contributed by atoms with van der Waals surface area (Å²) in [6.07, 6.45) is 3.94.